The van der Waals surface area contributed by atoms with Gasteiger partial charge in [0.15, 0.2) is 0 Å². The van der Waals surface area contributed by atoms with E-state index in [1.807, 2.05) is 19.1 Å². The highest BCUT2D eigenvalue weighted by Crippen LogP contribution is 2.12. The smallest absolute Gasteiger partial charge is 0.127 e. The van der Waals surface area contributed by atoms with Crippen molar-refractivity contribution < 1.29 is 4.39 Å². The Balaban J connectivity index is 2.05. The van der Waals surface area contributed by atoms with Gasteiger partial charge in [0.1, 0.15) is 5.82 Å². The minimum absolute atomic E-state index is 0.0841. The maximum absolute atomic E-state index is 13.5. The molecular weight excluding hydrogens is 191 g/mol. The van der Waals surface area contributed by atoms with Crippen LogP contribution in [0.5, 0.6) is 0 Å². The highest BCUT2D eigenvalue weighted by atomic mass is 19.1. The van der Waals surface area contributed by atoms with E-state index in [4.69, 9.17) is 0 Å². The van der Waals surface area contributed by atoms with Gasteiger partial charge in [-0.05, 0) is 13.0 Å². The largest absolute Gasteiger partial charge is 0.314 e. The van der Waals surface area contributed by atoms with Crippen molar-refractivity contribution >= 4 is 0 Å². The van der Waals surface area contributed by atoms with Gasteiger partial charge in [0.25, 0.3) is 0 Å². The van der Waals surface area contributed by atoms with Gasteiger partial charge in [-0.2, -0.15) is 0 Å². The normalized spacial score (nSPS) is 18.0. The van der Waals surface area contributed by atoms with Crippen molar-refractivity contribution in [2.24, 2.45) is 0 Å². The van der Waals surface area contributed by atoms with Crippen LogP contribution in [0.15, 0.2) is 18.2 Å². The predicted molar refractivity (Wildman–Crippen MR) is 59.3 cm³/mol. The molecule has 0 radical (unpaired) electrons. The summed E-state index contributed by atoms with van der Waals surface area (Å²) < 4.78 is 13.5. The Morgan fingerprint density at radius 3 is 2.80 bits per heavy atom. The van der Waals surface area contributed by atoms with E-state index in [-0.39, 0.29) is 5.82 Å². The Kier molecular flexibility index (Phi) is 3.34. The average molecular weight is 208 g/mol. The average Bonchev–Trinajstić information content (AvgIpc) is 2.25. The van der Waals surface area contributed by atoms with Crippen molar-refractivity contribution in [2.75, 3.05) is 26.2 Å². The molecule has 0 unspecified atom stereocenters. The molecule has 0 saturated carbocycles. The van der Waals surface area contributed by atoms with Gasteiger partial charge in [-0.25, -0.2) is 4.39 Å². The number of hydrogen-bond acceptors (Lipinski definition) is 2. The molecule has 15 heavy (non-hydrogen) atoms. The quantitative estimate of drug-likeness (QED) is 0.793. The zero-order valence-corrected chi connectivity index (χ0v) is 9.09. The third kappa shape index (κ3) is 2.76. The standard InChI is InChI=1S/C12H17FN2/c1-10-2-3-12(13)11(8-10)9-15-6-4-14-5-7-15/h2-3,8,14H,4-7,9H2,1H3. The number of nitrogens with zero attached hydrogens (tertiary/aromatic N) is 1. The van der Waals surface area contributed by atoms with E-state index < -0.39 is 0 Å². The Labute approximate surface area is 90.1 Å². The van der Waals surface area contributed by atoms with Crippen LogP contribution in [0, 0.1) is 12.7 Å². The molecule has 1 N–H and O–H groups in total. The number of piperazine rings is 1. The molecule has 1 aliphatic rings. The fourth-order valence-electron chi connectivity index (χ4n) is 1.93. The van der Waals surface area contributed by atoms with Gasteiger partial charge in [-0.15, -0.1) is 0 Å². The summed E-state index contributed by atoms with van der Waals surface area (Å²) in [6.07, 6.45) is 0. The SMILES string of the molecule is Cc1ccc(F)c(CN2CCNCC2)c1. The van der Waals surface area contributed by atoms with Crippen LogP contribution in [0.4, 0.5) is 4.39 Å². The molecule has 0 spiro atoms. The molecule has 1 aliphatic heterocycles. The monoisotopic (exact) mass is 208 g/mol. The van der Waals surface area contributed by atoms with Crippen LogP contribution in [0.1, 0.15) is 11.1 Å². The Bertz CT molecular complexity index is 332. The maximum Gasteiger partial charge on any atom is 0.127 e. The Hall–Kier alpha value is -0.930. The zero-order chi connectivity index (χ0) is 10.7. The molecule has 3 heteroatoms. The third-order valence-corrected chi connectivity index (χ3v) is 2.80. The summed E-state index contributed by atoms with van der Waals surface area (Å²) in [5, 5.41) is 3.29. The lowest BCUT2D eigenvalue weighted by Gasteiger charge is -2.27. The molecule has 0 aliphatic carbocycles. The maximum atomic E-state index is 13.5. The first-order chi connectivity index (χ1) is 7.25. The van der Waals surface area contributed by atoms with Gasteiger partial charge in [0, 0.05) is 38.3 Å². The van der Waals surface area contributed by atoms with Gasteiger partial charge in [0.2, 0.25) is 0 Å². The topological polar surface area (TPSA) is 15.3 Å². The van der Waals surface area contributed by atoms with Crippen LogP contribution in [0.2, 0.25) is 0 Å². The molecule has 2 rings (SSSR count). The van der Waals surface area contributed by atoms with Crippen LogP contribution < -0.4 is 5.32 Å². The third-order valence-electron chi connectivity index (χ3n) is 2.80. The van der Waals surface area contributed by atoms with Crippen LogP contribution >= 0.6 is 0 Å². The molecule has 2 nitrogen and oxygen atoms in total. The van der Waals surface area contributed by atoms with Crippen LogP contribution in [0.25, 0.3) is 0 Å². The molecule has 1 aromatic rings. The number of hydrogen-bond donors (Lipinski definition) is 1. The molecule has 1 fully saturated rings. The van der Waals surface area contributed by atoms with E-state index in [1.54, 1.807) is 6.07 Å². The van der Waals surface area contributed by atoms with Gasteiger partial charge in [0.05, 0.1) is 0 Å². The van der Waals surface area contributed by atoms with Gasteiger partial charge < -0.3 is 5.32 Å². The first-order valence-electron chi connectivity index (χ1n) is 5.44. The second-order valence-corrected chi connectivity index (χ2v) is 4.12. The van der Waals surface area contributed by atoms with Gasteiger partial charge in [-0.3, -0.25) is 4.90 Å². The Morgan fingerprint density at radius 1 is 1.33 bits per heavy atom. The van der Waals surface area contributed by atoms with Crippen molar-refractivity contribution in [1.82, 2.24) is 10.2 Å². The summed E-state index contributed by atoms with van der Waals surface area (Å²) in [7, 11) is 0. The van der Waals surface area contributed by atoms with E-state index in [1.165, 1.54) is 0 Å². The van der Waals surface area contributed by atoms with Crippen molar-refractivity contribution in [3.63, 3.8) is 0 Å². The lowest BCUT2D eigenvalue weighted by atomic mass is 10.1. The summed E-state index contributed by atoms with van der Waals surface area (Å²) in [5.41, 5.74) is 1.94. The second-order valence-electron chi connectivity index (χ2n) is 4.12. The van der Waals surface area contributed by atoms with E-state index in [0.29, 0.717) is 0 Å². The number of halogens is 1. The lowest BCUT2D eigenvalue weighted by Crippen LogP contribution is -2.43. The van der Waals surface area contributed by atoms with Crippen molar-refractivity contribution in [2.45, 2.75) is 13.5 Å². The summed E-state index contributed by atoms with van der Waals surface area (Å²) in [5.74, 6) is -0.0841. The summed E-state index contributed by atoms with van der Waals surface area (Å²) >= 11 is 0. The molecular formula is C12H17FN2. The lowest BCUT2D eigenvalue weighted by molar-refractivity contribution is 0.230. The fraction of sp³-hybridized carbons (Fsp3) is 0.500. The van der Waals surface area contributed by atoms with Gasteiger partial charge in [-0.1, -0.05) is 17.7 Å². The highest BCUT2D eigenvalue weighted by molar-refractivity contribution is 5.24. The van der Waals surface area contributed by atoms with Crippen molar-refractivity contribution in [3.8, 4) is 0 Å². The highest BCUT2D eigenvalue weighted by Gasteiger charge is 2.12. The molecule has 0 amide bonds. The fourth-order valence-corrected chi connectivity index (χ4v) is 1.93. The molecule has 82 valence electrons. The Morgan fingerprint density at radius 2 is 2.07 bits per heavy atom. The molecule has 1 heterocycles. The number of benzene rings is 1. The number of rotatable bonds is 2. The number of nitrogens with one attached hydrogen (secondary N) is 1. The molecule has 1 aromatic carbocycles. The minimum Gasteiger partial charge on any atom is -0.314 e. The van der Waals surface area contributed by atoms with Crippen molar-refractivity contribution in [3.05, 3.63) is 35.1 Å². The first-order valence-corrected chi connectivity index (χ1v) is 5.44. The number of aryl methyl sites for hydroxylation is 1. The van der Waals surface area contributed by atoms with E-state index in [0.717, 1.165) is 43.9 Å². The van der Waals surface area contributed by atoms with E-state index >= 15 is 0 Å². The van der Waals surface area contributed by atoms with E-state index in [9.17, 15) is 4.39 Å². The molecule has 1 saturated heterocycles. The van der Waals surface area contributed by atoms with Crippen molar-refractivity contribution in [1.29, 1.82) is 0 Å². The molecule has 0 aromatic heterocycles. The minimum atomic E-state index is -0.0841. The summed E-state index contributed by atoms with van der Waals surface area (Å²) in [6.45, 7) is 6.76. The van der Waals surface area contributed by atoms with Gasteiger partial charge >= 0.3 is 0 Å². The first kappa shape index (κ1) is 10.6. The second kappa shape index (κ2) is 4.73. The van der Waals surface area contributed by atoms with E-state index in [2.05, 4.69) is 10.2 Å². The molecule has 0 bridgehead atoms. The van der Waals surface area contributed by atoms with Crippen LogP contribution in [-0.4, -0.2) is 31.1 Å². The summed E-state index contributed by atoms with van der Waals surface area (Å²) in [4.78, 5) is 2.29. The zero-order valence-electron chi connectivity index (χ0n) is 9.09. The van der Waals surface area contributed by atoms with Crippen LogP contribution in [-0.2, 0) is 6.54 Å². The molecule has 0 atom stereocenters. The summed E-state index contributed by atoms with van der Waals surface area (Å²) in [6, 6.07) is 5.32. The van der Waals surface area contributed by atoms with Crippen LogP contribution in [0.3, 0.4) is 0 Å². The predicted octanol–water partition coefficient (Wildman–Crippen LogP) is 1.54.